The van der Waals surface area contributed by atoms with Crippen molar-refractivity contribution < 1.29 is 23.5 Å². The molecule has 4 atom stereocenters. The third-order valence-corrected chi connectivity index (χ3v) is 8.52. The Balaban J connectivity index is 1.69. The number of carbonyl (C=O) groups excluding carboxylic acids is 2. The topological polar surface area (TPSA) is 78.4 Å². The van der Waals surface area contributed by atoms with Crippen molar-refractivity contribution >= 4 is 29.0 Å². The van der Waals surface area contributed by atoms with Crippen LogP contribution in [0, 0.1) is 23.0 Å². The Hall–Kier alpha value is -2.35. The van der Waals surface area contributed by atoms with Gasteiger partial charge in [0.05, 0.1) is 16.7 Å². The molecule has 0 aromatic heterocycles. The molecule has 2 fully saturated rings. The van der Waals surface area contributed by atoms with Crippen molar-refractivity contribution in [2.75, 3.05) is 5.32 Å². The lowest BCUT2D eigenvalue weighted by atomic mass is 9.61. The number of fused-ring (bicyclic) bond motifs is 2. The fourth-order valence-electron chi connectivity index (χ4n) is 6.94. The van der Waals surface area contributed by atoms with Crippen LogP contribution in [0.1, 0.15) is 70.4 Å². The highest BCUT2D eigenvalue weighted by molar-refractivity contribution is 6.30. The van der Waals surface area contributed by atoms with Crippen LogP contribution in [-0.4, -0.2) is 34.5 Å². The maximum Gasteiger partial charge on any atom is 0.237 e. The van der Waals surface area contributed by atoms with Gasteiger partial charge in [0.2, 0.25) is 5.91 Å². The standard InChI is InChI=1S/C29H33ClF2N2O3/c1-27(2,3)14-22-29(18-9-8-16(31)11-20(18)33-26(29)36)23(17-6-5-7-19(30)24(17)32)25(34-22)21(35)10-15-12-28(4,37)13-15/h5-9,11,15,22-23,25,34,37H,10,12-14H2,1-4H3,(H,33,36)/t15?,22-,23-,25-,28?,29+/m0/s1. The van der Waals surface area contributed by atoms with Gasteiger partial charge in [0.1, 0.15) is 17.0 Å². The number of Topliss-reactive ketones (excluding diaryl/α,β-unsaturated/α-hetero) is 1. The summed E-state index contributed by atoms with van der Waals surface area (Å²) in [6.45, 7) is 7.88. The predicted molar refractivity (Wildman–Crippen MR) is 139 cm³/mol. The summed E-state index contributed by atoms with van der Waals surface area (Å²) in [5.74, 6) is -2.57. The molecule has 1 aliphatic carbocycles. The van der Waals surface area contributed by atoms with Gasteiger partial charge in [-0.05, 0) is 66.8 Å². The SMILES string of the molecule is CC(C)(C)C[C@@H]1N[C@@H](C(=O)CC2CC(C)(O)C2)[C@H](c2cccc(Cl)c2F)[C@]12C(=O)Nc1cc(F)ccc12. The minimum absolute atomic E-state index is 0.0190. The van der Waals surface area contributed by atoms with Crippen LogP contribution < -0.4 is 10.6 Å². The van der Waals surface area contributed by atoms with E-state index < -0.39 is 40.7 Å². The second kappa shape index (κ2) is 8.85. The Morgan fingerprint density at radius 1 is 1.19 bits per heavy atom. The Morgan fingerprint density at radius 2 is 1.89 bits per heavy atom. The second-order valence-corrected chi connectivity index (χ2v) is 12.9. The van der Waals surface area contributed by atoms with Gasteiger partial charge in [-0.1, -0.05) is 50.6 Å². The van der Waals surface area contributed by atoms with Gasteiger partial charge < -0.3 is 15.7 Å². The highest BCUT2D eigenvalue weighted by atomic mass is 35.5. The lowest BCUT2D eigenvalue weighted by Crippen LogP contribution is -2.49. The summed E-state index contributed by atoms with van der Waals surface area (Å²) in [6, 6.07) is 7.39. The molecule has 5 rings (SSSR count). The highest BCUT2D eigenvalue weighted by Gasteiger charge is 2.66. The van der Waals surface area contributed by atoms with Gasteiger partial charge in [0, 0.05) is 24.1 Å². The lowest BCUT2D eigenvalue weighted by molar-refractivity contribution is -0.126. The molecule has 1 saturated carbocycles. The van der Waals surface area contributed by atoms with Crippen molar-refractivity contribution in [3.05, 3.63) is 64.2 Å². The lowest BCUT2D eigenvalue weighted by Gasteiger charge is -2.41. The van der Waals surface area contributed by atoms with E-state index >= 15 is 4.39 Å². The minimum atomic E-state index is -1.35. The molecule has 2 aromatic rings. The van der Waals surface area contributed by atoms with Crippen LogP contribution in [0.3, 0.4) is 0 Å². The third-order valence-electron chi connectivity index (χ3n) is 8.23. The number of hydrogen-bond acceptors (Lipinski definition) is 4. The minimum Gasteiger partial charge on any atom is -0.390 e. The Morgan fingerprint density at radius 3 is 2.54 bits per heavy atom. The number of ketones is 1. The third kappa shape index (κ3) is 4.39. The summed E-state index contributed by atoms with van der Waals surface area (Å²) in [4.78, 5) is 27.9. The van der Waals surface area contributed by atoms with Crippen LogP contribution in [0.25, 0.3) is 0 Å². The van der Waals surface area contributed by atoms with Crippen molar-refractivity contribution in [2.45, 2.75) is 82.4 Å². The number of hydrogen-bond donors (Lipinski definition) is 3. The van der Waals surface area contributed by atoms with Crippen molar-refractivity contribution in [1.82, 2.24) is 5.32 Å². The first-order valence-electron chi connectivity index (χ1n) is 12.8. The average molecular weight is 531 g/mol. The highest BCUT2D eigenvalue weighted by Crippen LogP contribution is 2.57. The summed E-state index contributed by atoms with van der Waals surface area (Å²) in [5, 5.41) is 16.4. The van der Waals surface area contributed by atoms with Crippen LogP contribution in [0.2, 0.25) is 5.02 Å². The van der Waals surface area contributed by atoms with Crippen LogP contribution >= 0.6 is 11.6 Å². The van der Waals surface area contributed by atoms with Gasteiger partial charge in [-0.3, -0.25) is 9.59 Å². The van der Waals surface area contributed by atoms with E-state index in [-0.39, 0.29) is 40.0 Å². The zero-order chi connectivity index (χ0) is 26.9. The Labute approximate surface area is 221 Å². The second-order valence-electron chi connectivity index (χ2n) is 12.5. The van der Waals surface area contributed by atoms with Gasteiger partial charge in [0.25, 0.3) is 0 Å². The molecule has 0 bridgehead atoms. The number of aliphatic hydroxyl groups is 1. The van der Waals surface area contributed by atoms with Crippen molar-refractivity contribution in [2.24, 2.45) is 11.3 Å². The van der Waals surface area contributed by atoms with Gasteiger partial charge in [-0.25, -0.2) is 8.78 Å². The van der Waals surface area contributed by atoms with Crippen LogP contribution in [-0.2, 0) is 15.0 Å². The quantitative estimate of drug-likeness (QED) is 0.478. The average Bonchev–Trinajstić information content (AvgIpc) is 3.23. The van der Waals surface area contributed by atoms with Gasteiger partial charge in [-0.2, -0.15) is 0 Å². The molecule has 2 aromatic carbocycles. The zero-order valence-electron chi connectivity index (χ0n) is 21.5. The summed E-state index contributed by atoms with van der Waals surface area (Å²) in [6.07, 6.45) is 1.75. The number of carbonyl (C=O) groups is 2. The van der Waals surface area contributed by atoms with E-state index in [2.05, 4.69) is 10.6 Å². The van der Waals surface area contributed by atoms with E-state index in [1.54, 1.807) is 25.1 Å². The maximum absolute atomic E-state index is 15.7. The van der Waals surface area contributed by atoms with E-state index in [1.165, 1.54) is 18.2 Å². The van der Waals surface area contributed by atoms with Crippen molar-refractivity contribution in [1.29, 1.82) is 0 Å². The number of rotatable bonds is 5. The normalized spacial score (nSPS) is 32.8. The monoisotopic (exact) mass is 530 g/mol. The largest absolute Gasteiger partial charge is 0.390 e. The molecule has 198 valence electrons. The van der Waals surface area contributed by atoms with Gasteiger partial charge in [0.15, 0.2) is 5.78 Å². The van der Waals surface area contributed by atoms with Gasteiger partial charge in [-0.15, -0.1) is 0 Å². The molecular formula is C29H33ClF2N2O3. The molecule has 37 heavy (non-hydrogen) atoms. The molecule has 1 saturated heterocycles. The first kappa shape index (κ1) is 26.3. The van der Waals surface area contributed by atoms with Crippen LogP contribution in [0.5, 0.6) is 0 Å². The first-order valence-corrected chi connectivity index (χ1v) is 13.2. The molecule has 1 spiro atoms. The van der Waals surface area contributed by atoms with E-state index in [4.69, 9.17) is 11.6 Å². The molecule has 8 heteroatoms. The van der Waals surface area contributed by atoms with Crippen LogP contribution in [0.15, 0.2) is 36.4 Å². The number of benzene rings is 2. The van der Waals surface area contributed by atoms with Crippen molar-refractivity contribution in [3.8, 4) is 0 Å². The summed E-state index contributed by atoms with van der Waals surface area (Å²) < 4.78 is 29.9. The Bertz CT molecular complexity index is 1270. The molecule has 2 aliphatic heterocycles. The van der Waals surface area contributed by atoms with E-state index in [0.29, 0.717) is 30.5 Å². The number of amides is 1. The number of nitrogens with one attached hydrogen (secondary N) is 2. The molecule has 1 amide bonds. The summed E-state index contributed by atoms with van der Waals surface area (Å²) in [5.41, 5.74) is -1.31. The van der Waals surface area contributed by atoms with E-state index in [1.807, 2.05) is 20.8 Å². The predicted octanol–water partition coefficient (Wildman–Crippen LogP) is 5.49. The first-order chi connectivity index (χ1) is 17.2. The maximum atomic E-state index is 15.7. The van der Waals surface area contributed by atoms with E-state index in [9.17, 15) is 19.1 Å². The smallest absolute Gasteiger partial charge is 0.237 e. The molecule has 0 unspecified atom stereocenters. The number of anilines is 1. The number of halogens is 3. The molecule has 0 radical (unpaired) electrons. The molecular weight excluding hydrogens is 498 g/mol. The fraction of sp³-hybridized carbons (Fsp3) is 0.517. The zero-order valence-corrected chi connectivity index (χ0v) is 22.3. The molecule has 3 N–H and O–H groups in total. The molecule has 2 heterocycles. The molecule has 3 aliphatic rings. The molecule has 5 nitrogen and oxygen atoms in total. The Kier molecular flexibility index (Phi) is 6.29. The fourth-order valence-corrected chi connectivity index (χ4v) is 7.13. The summed E-state index contributed by atoms with van der Waals surface area (Å²) >= 11 is 6.20. The van der Waals surface area contributed by atoms with Crippen LogP contribution in [0.4, 0.5) is 14.5 Å². The van der Waals surface area contributed by atoms with E-state index in [0.717, 1.165) is 0 Å². The van der Waals surface area contributed by atoms with Gasteiger partial charge >= 0.3 is 0 Å². The summed E-state index contributed by atoms with van der Waals surface area (Å²) in [7, 11) is 0. The van der Waals surface area contributed by atoms with Crippen molar-refractivity contribution in [3.63, 3.8) is 0 Å².